The molecular formula is C25H22F3N3O2. The number of benzene rings is 3. The third kappa shape index (κ3) is 5.00. The Kier molecular flexibility index (Phi) is 6.35. The first-order valence-corrected chi connectivity index (χ1v) is 10.5. The number of halogens is 3. The second-order valence-electron chi connectivity index (χ2n) is 7.96. The van der Waals surface area contributed by atoms with Gasteiger partial charge in [0.2, 0.25) is 5.91 Å². The molecule has 2 N–H and O–H groups in total. The molecule has 8 heteroatoms. The molecule has 0 unspecified atom stereocenters. The first-order valence-electron chi connectivity index (χ1n) is 10.5. The van der Waals surface area contributed by atoms with Crippen LogP contribution in [0.25, 0.3) is 0 Å². The Morgan fingerprint density at radius 2 is 1.73 bits per heavy atom. The number of fused-ring (bicyclic) bond motifs is 1. The molecule has 33 heavy (non-hydrogen) atoms. The minimum Gasteiger partial charge on any atom is -0.348 e. The molecule has 0 bridgehead atoms. The lowest BCUT2D eigenvalue weighted by Crippen LogP contribution is -2.53. The number of nitrogens with one attached hydrogen (secondary N) is 2. The largest absolute Gasteiger partial charge is 0.348 e. The smallest absolute Gasteiger partial charge is 0.322 e. The van der Waals surface area contributed by atoms with E-state index in [0.717, 1.165) is 17.7 Å². The number of amides is 3. The predicted octanol–water partition coefficient (Wildman–Crippen LogP) is 4.94. The highest BCUT2D eigenvalue weighted by Gasteiger charge is 2.34. The second kappa shape index (κ2) is 9.36. The van der Waals surface area contributed by atoms with E-state index < -0.39 is 41.5 Å². The van der Waals surface area contributed by atoms with Crippen molar-refractivity contribution >= 4 is 17.6 Å². The third-order valence-electron chi connectivity index (χ3n) is 5.65. The van der Waals surface area contributed by atoms with Crippen LogP contribution in [0.15, 0.2) is 66.7 Å². The van der Waals surface area contributed by atoms with Crippen molar-refractivity contribution in [3.8, 4) is 0 Å². The standard InChI is InChI=1S/C25H22F3N3O2/c1-15(20-9-7-19(27)13-21(20)28)29-24(32)23(11-16-5-3-2-4-6-16)31-14-17-12-18(26)8-10-22(17)30-25(31)33/h2-10,12-13,15,23H,11,14H2,1H3,(H,29,32)(H,30,33)/t15-,23+/m0/s1. The van der Waals surface area contributed by atoms with Crippen molar-refractivity contribution in [3.63, 3.8) is 0 Å². The molecule has 1 heterocycles. The van der Waals surface area contributed by atoms with Gasteiger partial charge in [-0.2, -0.15) is 0 Å². The van der Waals surface area contributed by atoms with Gasteiger partial charge in [0.25, 0.3) is 0 Å². The number of anilines is 1. The van der Waals surface area contributed by atoms with Crippen molar-refractivity contribution in [2.75, 3.05) is 5.32 Å². The van der Waals surface area contributed by atoms with Gasteiger partial charge < -0.3 is 15.5 Å². The van der Waals surface area contributed by atoms with Gasteiger partial charge in [-0.3, -0.25) is 4.79 Å². The summed E-state index contributed by atoms with van der Waals surface area (Å²) in [5, 5.41) is 5.43. The van der Waals surface area contributed by atoms with Gasteiger partial charge in [0.05, 0.1) is 12.6 Å². The lowest BCUT2D eigenvalue weighted by molar-refractivity contribution is -0.126. The average Bonchev–Trinajstić information content (AvgIpc) is 2.78. The summed E-state index contributed by atoms with van der Waals surface area (Å²) in [7, 11) is 0. The third-order valence-corrected chi connectivity index (χ3v) is 5.65. The van der Waals surface area contributed by atoms with Gasteiger partial charge >= 0.3 is 6.03 Å². The van der Waals surface area contributed by atoms with Crippen molar-refractivity contribution in [1.82, 2.24) is 10.2 Å². The maximum Gasteiger partial charge on any atom is 0.322 e. The molecule has 2 atom stereocenters. The molecule has 5 nitrogen and oxygen atoms in total. The van der Waals surface area contributed by atoms with Crippen LogP contribution in [0.4, 0.5) is 23.7 Å². The minimum atomic E-state index is -0.949. The fourth-order valence-corrected chi connectivity index (χ4v) is 3.93. The number of rotatable bonds is 6. The monoisotopic (exact) mass is 453 g/mol. The van der Waals surface area contributed by atoms with E-state index in [1.54, 1.807) is 6.92 Å². The van der Waals surface area contributed by atoms with Crippen LogP contribution in [-0.4, -0.2) is 22.9 Å². The topological polar surface area (TPSA) is 61.4 Å². The number of carbonyl (C=O) groups is 2. The molecule has 4 rings (SSSR count). The van der Waals surface area contributed by atoms with Gasteiger partial charge in [0, 0.05) is 23.7 Å². The van der Waals surface area contributed by atoms with Gasteiger partial charge in [-0.05, 0) is 42.3 Å². The van der Waals surface area contributed by atoms with E-state index in [1.165, 1.54) is 29.2 Å². The Hall–Kier alpha value is -3.81. The highest BCUT2D eigenvalue weighted by molar-refractivity contribution is 5.96. The molecule has 3 aromatic carbocycles. The van der Waals surface area contributed by atoms with E-state index in [2.05, 4.69) is 10.6 Å². The van der Waals surface area contributed by atoms with Crippen molar-refractivity contribution in [1.29, 1.82) is 0 Å². The SMILES string of the molecule is C[C@H](NC(=O)[C@@H](Cc1ccccc1)N1Cc2cc(F)ccc2NC1=O)c1ccc(F)cc1F. The minimum absolute atomic E-state index is 0.0309. The summed E-state index contributed by atoms with van der Waals surface area (Å²) >= 11 is 0. The van der Waals surface area contributed by atoms with Crippen molar-refractivity contribution in [2.45, 2.75) is 32.0 Å². The van der Waals surface area contributed by atoms with Gasteiger partial charge in [-0.1, -0.05) is 36.4 Å². The first kappa shape index (κ1) is 22.4. The molecule has 0 aromatic heterocycles. The summed E-state index contributed by atoms with van der Waals surface area (Å²) in [6.45, 7) is 1.61. The Balaban J connectivity index is 1.62. The van der Waals surface area contributed by atoms with Crippen LogP contribution in [0, 0.1) is 17.5 Å². The van der Waals surface area contributed by atoms with E-state index in [-0.39, 0.29) is 18.5 Å². The quantitative estimate of drug-likeness (QED) is 0.556. The fourth-order valence-electron chi connectivity index (χ4n) is 3.93. The Morgan fingerprint density at radius 3 is 2.45 bits per heavy atom. The molecule has 0 aliphatic carbocycles. The fraction of sp³-hybridized carbons (Fsp3) is 0.200. The normalized spacial score (nSPS) is 14.8. The average molecular weight is 453 g/mol. The zero-order valence-corrected chi connectivity index (χ0v) is 17.8. The van der Waals surface area contributed by atoms with Gasteiger partial charge in [0.15, 0.2) is 0 Å². The van der Waals surface area contributed by atoms with E-state index >= 15 is 0 Å². The molecule has 1 aliphatic rings. The number of hydrogen-bond donors (Lipinski definition) is 2. The van der Waals surface area contributed by atoms with Gasteiger partial charge in [-0.15, -0.1) is 0 Å². The predicted molar refractivity (Wildman–Crippen MR) is 118 cm³/mol. The van der Waals surface area contributed by atoms with Crippen LogP contribution >= 0.6 is 0 Å². The van der Waals surface area contributed by atoms with Crippen LogP contribution in [-0.2, 0) is 17.8 Å². The van der Waals surface area contributed by atoms with Gasteiger partial charge in [-0.25, -0.2) is 18.0 Å². The maximum absolute atomic E-state index is 14.2. The van der Waals surface area contributed by atoms with Gasteiger partial charge in [0.1, 0.15) is 23.5 Å². The summed E-state index contributed by atoms with van der Waals surface area (Å²) in [5.74, 6) is -2.45. The molecule has 0 saturated carbocycles. The second-order valence-corrected chi connectivity index (χ2v) is 7.96. The summed E-state index contributed by atoms with van der Waals surface area (Å²) in [4.78, 5) is 27.5. The Morgan fingerprint density at radius 1 is 1.03 bits per heavy atom. The lowest BCUT2D eigenvalue weighted by atomic mass is 10.0. The van der Waals surface area contributed by atoms with E-state index in [9.17, 15) is 22.8 Å². The number of nitrogens with zero attached hydrogens (tertiary/aromatic N) is 1. The molecule has 0 spiro atoms. The highest BCUT2D eigenvalue weighted by Crippen LogP contribution is 2.27. The number of hydrogen-bond acceptors (Lipinski definition) is 2. The molecule has 0 fully saturated rings. The van der Waals surface area contributed by atoms with E-state index in [1.807, 2.05) is 30.3 Å². The molecule has 1 aliphatic heterocycles. The lowest BCUT2D eigenvalue weighted by Gasteiger charge is -2.35. The van der Waals surface area contributed by atoms with Crippen LogP contribution in [0.3, 0.4) is 0 Å². The molecular weight excluding hydrogens is 431 g/mol. The van der Waals surface area contributed by atoms with Crippen LogP contribution in [0.1, 0.15) is 29.7 Å². The molecule has 170 valence electrons. The zero-order chi connectivity index (χ0) is 23.5. The highest BCUT2D eigenvalue weighted by atomic mass is 19.1. The maximum atomic E-state index is 14.2. The number of urea groups is 1. The Bertz CT molecular complexity index is 1190. The summed E-state index contributed by atoms with van der Waals surface area (Å²) in [6, 6.07) is 14.1. The summed E-state index contributed by atoms with van der Waals surface area (Å²) < 4.78 is 41.3. The molecule has 3 amide bonds. The van der Waals surface area contributed by atoms with Crippen LogP contribution < -0.4 is 10.6 Å². The molecule has 3 aromatic rings. The molecule has 0 radical (unpaired) electrons. The summed E-state index contributed by atoms with van der Waals surface area (Å²) in [5.41, 5.74) is 1.96. The van der Waals surface area contributed by atoms with Crippen molar-refractivity contribution in [2.24, 2.45) is 0 Å². The molecule has 0 saturated heterocycles. The van der Waals surface area contributed by atoms with Crippen molar-refractivity contribution < 1.29 is 22.8 Å². The van der Waals surface area contributed by atoms with E-state index in [0.29, 0.717) is 11.3 Å². The number of carbonyl (C=O) groups excluding carboxylic acids is 2. The van der Waals surface area contributed by atoms with Crippen LogP contribution in [0.5, 0.6) is 0 Å². The Labute approximate surface area is 189 Å². The summed E-state index contributed by atoms with van der Waals surface area (Å²) in [6.07, 6.45) is 0.198. The first-order chi connectivity index (χ1) is 15.8. The zero-order valence-electron chi connectivity index (χ0n) is 17.8. The van der Waals surface area contributed by atoms with E-state index in [4.69, 9.17) is 0 Å². The van der Waals surface area contributed by atoms with Crippen molar-refractivity contribution in [3.05, 3.63) is 101 Å². The van der Waals surface area contributed by atoms with Crippen LogP contribution in [0.2, 0.25) is 0 Å².